The van der Waals surface area contributed by atoms with Crippen molar-refractivity contribution in [1.82, 2.24) is 9.97 Å². The van der Waals surface area contributed by atoms with E-state index in [4.69, 9.17) is 15.6 Å². The van der Waals surface area contributed by atoms with Gasteiger partial charge in [-0.15, -0.1) is 0 Å². The highest BCUT2D eigenvalue weighted by molar-refractivity contribution is 5.71. The van der Waals surface area contributed by atoms with Crippen molar-refractivity contribution in [1.29, 1.82) is 0 Å². The summed E-state index contributed by atoms with van der Waals surface area (Å²) >= 11 is 0. The molecule has 1 aromatic heterocycles. The van der Waals surface area contributed by atoms with E-state index in [-0.39, 0.29) is 17.5 Å². The molecule has 0 aliphatic heterocycles. The average molecular weight is 267 g/mol. The predicted molar refractivity (Wildman–Crippen MR) is 67.7 cm³/mol. The third kappa shape index (κ3) is 3.11. The molecule has 2 rings (SSSR count). The Labute approximate surface area is 109 Å². The maximum absolute atomic E-state index is 11.9. The number of nitrogens with two attached hydrogens (primary N) is 1. The van der Waals surface area contributed by atoms with E-state index in [0.29, 0.717) is 18.3 Å². The van der Waals surface area contributed by atoms with Crippen molar-refractivity contribution in [2.24, 2.45) is 5.92 Å². The van der Waals surface area contributed by atoms with Crippen LogP contribution in [-0.2, 0) is 16.0 Å². The van der Waals surface area contributed by atoms with Gasteiger partial charge in [-0.2, -0.15) is 0 Å². The topological polar surface area (TPSA) is 118 Å². The Morgan fingerprint density at radius 1 is 1.63 bits per heavy atom. The van der Waals surface area contributed by atoms with Crippen molar-refractivity contribution in [3.63, 3.8) is 0 Å². The first-order valence-corrected chi connectivity index (χ1v) is 6.24. The lowest BCUT2D eigenvalue weighted by molar-refractivity contribution is -0.136. The molecule has 0 amide bonds. The highest BCUT2D eigenvalue weighted by atomic mass is 16.5. The Balaban J connectivity index is 2.32. The van der Waals surface area contributed by atoms with Crippen molar-refractivity contribution >= 4 is 11.8 Å². The van der Waals surface area contributed by atoms with Crippen molar-refractivity contribution in [3.8, 4) is 0 Å². The summed E-state index contributed by atoms with van der Waals surface area (Å²) < 4.78 is 5.58. The molecule has 1 aliphatic carbocycles. The number of hydrogen-bond donors (Lipinski definition) is 3. The standard InChI is InChI=1S/C12H17N3O4/c1-2-19-9(6-3-4-6)11-14-10(13)7(5-8(16)17)12(18)15-11/h6,9H,2-5H2,1H3,(H,16,17)(H3,13,14,15,18). The number of carboxylic acid groups (broad SMARTS) is 1. The fourth-order valence-electron chi connectivity index (χ4n) is 2.01. The zero-order chi connectivity index (χ0) is 14.0. The number of hydrogen-bond acceptors (Lipinski definition) is 5. The van der Waals surface area contributed by atoms with Crippen molar-refractivity contribution in [2.45, 2.75) is 32.3 Å². The SMILES string of the molecule is CCOC(c1nc(N)c(CC(=O)O)c(=O)[nH]1)C1CC1. The van der Waals surface area contributed by atoms with Crippen molar-refractivity contribution in [2.75, 3.05) is 12.3 Å². The average Bonchev–Trinajstić information content (AvgIpc) is 3.14. The van der Waals surface area contributed by atoms with Crippen LogP contribution in [0.4, 0.5) is 5.82 Å². The molecule has 1 unspecified atom stereocenters. The zero-order valence-electron chi connectivity index (χ0n) is 10.7. The van der Waals surface area contributed by atoms with Gasteiger partial charge in [-0.05, 0) is 25.7 Å². The molecule has 7 nitrogen and oxygen atoms in total. The van der Waals surface area contributed by atoms with Gasteiger partial charge in [0, 0.05) is 6.61 Å². The monoisotopic (exact) mass is 267 g/mol. The molecular formula is C12H17N3O4. The van der Waals surface area contributed by atoms with E-state index < -0.39 is 17.9 Å². The third-order valence-electron chi connectivity index (χ3n) is 3.06. The van der Waals surface area contributed by atoms with E-state index in [1.807, 2.05) is 6.92 Å². The summed E-state index contributed by atoms with van der Waals surface area (Å²) in [6, 6.07) is 0. The van der Waals surface area contributed by atoms with E-state index in [1.165, 1.54) is 0 Å². The molecule has 0 aromatic carbocycles. The fourth-order valence-corrected chi connectivity index (χ4v) is 2.01. The Hall–Kier alpha value is -1.89. The number of carbonyl (C=O) groups is 1. The van der Waals surface area contributed by atoms with Gasteiger partial charge in [0.05, 0.1) is 12.0 Å². The molecule has 0 radical (unpaired) electrons. The van der Waals surface area contributed by atoms with Gasteiger partial charge in [-0.1, -0.05) is 0 Å². The van der Waals surface area contributed by atoms with Crippen LogP contribution in [0.15, 0.2) is 4.79 Å². The minimum atomic E-state index is -1.12. The molecule has 1 aliphatic rings. The minimum absolute atomic E-state index is 0.0118. The Bertz CT molecular complexity index is 536. The van der Waals surface area contributed by atoms with E-state index in [9.17, 15) is 9.59 Å². The number of aromatic nitrogens is 2. The normalized spacial score (nSPS) is 16.3. The zero-order valence-corrected chi connectivity index (χ0v) is 10.7. The smallest absolute Gasteiger partial charge is 0.308 e. The number of rotatable bonds is 6. The van der Waals surface area contributed by atoms with Crippen LogP contribution in [0.3, 0.4) is 0 Å². The van der Waals surface area contributed by atoms with Crippen LogP contribution in [-0.4, -0.2) is 27.7 Å². The van der Waals surface area contributed by atoms with Crippen LogP contribution >= 0.6 is 0 Å². The second-order valence-electron chi connectivity index (χ2n) is 4.60. The summed E-state index contributed by atoms with van der Waals surface area (Å²) in [4.78, 5) is 29.2. The van der Waals surface area contributed by atoms with Gasteiger partial charge >= 0.3 is 5.97 Å². The Kier molecular flexibility index (Phi) is 3.84. The summed E-state index contributed by atoms with van der Waals surface area (Å²) in [7, 11) is 0. The quantitative estimate of drug-likeness (QED) is 0.689. The van der Waals surface area contributed by atoms with Crippen LogP contribution in [0.25, 0.3) is 0 Å². The molecule has 1 saturated carbocycles. The van der Waals surface area contributed by atoms with Gasteiger partial charge in [0.25, 0.3) is 5.56 Å². The van der Waals surface area contributed by atoms with Gasteiger partial charge in [0.15, 0.2) is 0 Å². The first-order chi connectivity index (χ1) is 9.02. The molecule has 7 heteroatoms. The van der Waals surface area contributed by atoms with Gasteiger partial charge < -0.3 is 20.6 Å². The molecule has 0 bridgehead atoms. The van der Waals surface area contributed by atoms with Crippen LogP contribution in [0.5, 0.6) is 0 Å². The van der Waals surface area contributed by atoms with E-state index in [1.54, 1.807) is 0 Å². The second kappa shape index (κ2) is 5.40. The second-order valence-corrected chi connectivity index (χ2v) is 4.60. The molecule has 1 aromatic rings. The third-order valence-corrected chi connectivity index (χ3v) is 3.06. The van der Waals surface area contributed by atoms with Crippen molar-refractivity contribution in [3.05, 3.63) is 21.7 Å². The molecular weight excluding hydrogens is 250 g/mol. The summed E-state index contributed by atoms with van der Waals surface area (Å²) in [5.74, 6) is -0.407. The lowest BCUT2D eigenvalue weighted by atomic mass is 10.2. The van der Waals surface area contributed by atoms with E-state index >= 15 is 0 Å². The highest BCUT2D eigenvalue weighted by Gasteiger charge is 2.35. The summed E-state index contributed by atoms with van der Waals surface area (Å²) in [5.41, 5.74) is 5.16. The first-order valence-electron chi connectivity index (χ1n) is 6.24. The van der Waals surface area contributed by atoms with Gasteiger partial charge in [0.1, 0.15) is 17.7 Å². The first kappa shape index (κ1) is 13.5. The van der Waals surface area contributed by atoms with Crippen LogP contribution in [0.1, 0.15) is 37.3 Å². The van der Waals surface area contributed by atoms with Gasteiger partial charge in [-0.25, -0.2) is 4.98 Å². The maximum atomic E-state index is 11.9. The summed E-state index contributed by atoms with van der Waals surface area (Å²) in [5, 5.41) is 8.72. The Morgan fingerprint density at radius 2 is 2.32 bits per heavy atom. The summed E-state index contributed by atoms with van der Waals surface area (Å²) in [6.07, 6.45) is 1.37. The fraction of sp³-hybridized carbons (Fsp3) is 0.583. The minimum Gasteiger partial charge on any atom is -0.481 e. The molecule has 1 fully saturated rings. The number of nitrogens with zero attached hydrogens (tertiary/aromatic N) is 1. The number of H-pyrrole nitrogens is 1. The molecule has 1 atom stereocenters. The molecule has 0 spiro atoms. The Morgan fingerprint density at radius 3 is 2.79 bits per heavy atom. The van der Waals surface area contributed by atoms with Gasteiger partial charge in [0.2, 0.25) is 0 Å². The highest BCUT2D eigenvalue weighted by Crippen LogP contribution is 2.42. The molecule has 4 N–H and O–H groups in total. The van der Waals surface area contributed by atoms with Crippen molar-refractivity contribution < 1.29 is 14.6 Å². The largest absolute Gasteiger partial charge is 0.481 e. The van der Waals surface area contributed by atoms with E-state index in [2.05, 4.69) is 9.97 Å². The van der Waals surface area contributed by atoms with E-state index in [0.717, 1.165) is 12.8 Å². The number of carboxylic acids is 1. The predicted octanol–water partition coefficient (Wildman–Crippen LogP) is 0.467. The van der Waals surface area contributed by atoms with Gasteiger partial charge in [-0.3, -0.25) is 9.59 Å². The van der Waals surface area contributed by atoms with Crippen LogP contribution in [0, 0.1) is 5.92 Å². The van der Waals surface area contributed by atoms with Crippen LogP contribution < -0.4 is 11.3 Å². The molecule has 0 saturated heterocycles. The molecule has 19 heavy (non-hydrogen) atoms. The lowest BCUT2D eigenvalue weighted by Crippen LogP contribution is -2.24. The number of ether oxygens (including phenoxy) is 1. The number of aliphatic carboxylic acids is 1. The summed E-state index contributed by atoms with van der Waals surface area (Å²) in [6.45, 7) is 2.39. The number of anilines is 1. The lowest BCUT2D eigenvalue weighted by Gasteiger charge is -2.16. The number of nitrogen functional groups attached to an aromatic ring is 1. The number of aromatic amines is 1. The molecule has 1 heterocycles. The van der Waals surface area contributed by atoms with Crippen LogP contribution in [0.2, 0.25) is 0 Å². The molecule has 104 valence electrons. The number of nitrogens with one attached hydrogen (secondary N) is 1. The maximum Gasteiger partial charge on any atom is 0.308 e.